The minimum absolute atomic E-state index is 0.232. The normalized spacial score (nSPS) is 16.8. The monoisotopic (exact) mass is 373 g/mol. The predicted octanol–water partition coefficient (Wildman–Crippen LogP) is 5.77. The van der Waals surface area contributed by atoms with Gasteiger partial charge in [0.25, 0.3) is 5.91 Å². The van der Waals surface area contributed by atoms with Gasteiger partial charge in [-0.3, -0.25) is 4.79 Å². The third kappa shape index (κ3) is 2.76. The largest absolute Gasteiger partial charge is 0.461 e. The Bertz CT molecular complexity index is 1120. The number of aryl methyl sites for hydroxylation is 2. The second-order valence-corrected chi connectivity index (χ2v) is 7.52. The molecule has 0 saturated heterocycles. The number of benzene rings is 2. The Morgan fingerprint density at radius 2 is 1.86 bits per heavy atom. The average molecular weight is 373 g/mol. The third-order valence-corrected chi connectivity index (χ3v) is 5.58. The fraction of sp³-hybridized carbons (Fsp3) is 0.208. The lowest BCUT2D eigenvalue weighted by Gasteiger charge is -2.11. The van der Waals surface area contributed by atoms with Crippen LogP contribution in [-0.2, 0) is 17.6 Å². The van der Waals surface area contributed by atoms with Gasteiger partial charge in [0.15, 0.2) is 0 Å². The number of rotatable bonds is 2. The van der Waals surface area contributed by atoms with Crippen LogP contribution in [0.1, 0.15) is 41.1 Å². The van der Waals surface area contributed by atoms with E-state index in [-0.39, 0.29) is 11.7 Å². The van der Waals surface area contributed by atoms with Gasteiger partial charge in [-0.05, 0) is 56.0 Å². The molecule has 1 amide bonds. The van der Waals surface area contributed by atoms with Gasteiger partial charge in [-0.25, -0.2) is 4.39 Å². The Labute approximate surface area is 162 Å². The molecule has 3 aromatic rings. The Balaban J connectivity index is 1.70. The zero-order valence-corrected chi connectivity index (χ0v) is 15.6. The fourth-order valence-corrected chi connectivity index (χ4v) is 4.16. The van der Waals surface area contributed by atoms with Crippen molar-refractivity contribution >= 4 is 23.2 Å². The van der Waals surface area contributed by atoms with E-state index in [1.54, 1.807) is 12.1 Å². The number of carbonyl (C=O) groups excluding carboxylic acids is 1. The maximum atomic E-state index is 13.8. The van der Waals surface area contributed by atoms with Crippen molar-refractivity contribution in [2.75, 3.05) is 5.32 Å². The Morgan fingerprint density at radius 3 is 2.68 bits per heavy atom. The summed E-state index contributed by atoms with van der Waals surface area (Å²) in [5.41, 5.74) is 6.22. The predicted molar refractivity (Wildman–Crippen MR) is 108 cm³/mol. The van der Waals surface area contributed by atoms with Crippen LogP contribution in [0.3, 0.4) is 0 Å². The molecule has 0 fully saturated rings. The first kappa shape index (κ1) is 17.0. The molecular weight excluding hydrogens is 353 g/mol. The first-order valence-electron chi connectivity index (χ1n) is 9.65. The fourth-order valence-electron chi connectivity index (χ4n) is 4.16. The van der Waals surface area contributed by atoms with Crippen LogP contribution in [0.4, 0.5) is 10.1 Å². The van der Waals surface area contributed by atoms with Crippen molar-refractivity contribution in [1.82, 2.24) is 0 Å². The van der Waals surface area contributed by atoms with Crippen LogP contribution < -0.4 is 5.32 Å². The number of furan rings is 1. The number of fused-ring (bicyclic) bond motifs is 2. The molecule has 0 saturated carbocycles. The van der Waals surface area contributed by atoms with Crippen molar-refractivity contribution in [1.29, 1.82) is 0 Å². The molecule has 0 bridgehead atoms. The number of hydrogen-bond donors (Lipinski definition) is 1. The highest BCUT2D eigenvalue weighted by Gasteiger charge is 2.28. The highest BCUT2D eigenvalue weighted by Crippen LogP contribution is 2.41. The number of amides is 1. The topological polar surface area (TPSA) is 42.2 Å². The molecule has 1 aliphatic heterocycles. The molecule has 28 heavy (non-hydrogen) atoms. The third-order valence-electron chi connectivity index (χ3n) is 5.58. The number of anilines is 1. The maximum Gasteiger partial charge on any atom is 0.256 e. The maximum absolute atomic E-state index is 13.8. The second kappa shape index (κ2) is 6.48. The first-order valence-corrected chi connectivity index (χ1v) is 9.65. The van der Waals surface area contributed by atoms with E-state index in [9.17, 15) is 9.18 Å². The Morgan fingerprint density at radius 1 is 1.07 bits per heavy atom. The van der Waals surface area contributed by atoms with E-state index in [4.69, 9.17) is 4.42 Å². The molecule has 2 heterocycles. The van der Waals surface area contributed by atoms with Gasteiger partial charge in [-0.15, -0.1) is 0 Å². The molecule has 140 valence electrons. The minimum atomic E-state index is -0.362. The van der Waals surface area contributed by atoms with Crippen molar-refractivity contribution in [2.24, 2.45) is 0 Å². The van der Waals surface area contributed by atoms with Gasteiger partial charge in [0, 0.05) is 28.8 Å². The van der Waals surface area contributed by atoms with Crippen LogP contribution in [0, 0.1) is 12.7 Å². The summed E-state index contributed by atoms with van der Waals surface area (Å²) in [5, 5.41) is 2.81. The molecule has 4 heteroatoms. The summed E-state index contributed by atoms with van der Waals surface area (Å²) < 4.78 is 20.0. The minimum Gasteiger partial charge on any atom is -0.461 e. The lowest BCUT2D eigenvalue weighted by Crippen LogP contribution is -2.03. The standard InChI is InChI=1S/C24H20FNO2/c1-14-6-8-15(9-7-14)23-17-4-2-3-5-21(17)28-22(23)13-19-18-12-16(25)10-11-20(18)26-24(19)27/h6-13H,2-5H2,1H3,(H,26,27). The summed E-state index contributed by atoms with van der Waals surface area (Å²) in [6, 6.07) is 12.7. The van der Waals surface area contributed by atoms with E-state index < -0.39 is 0 Å². The average Bonchev–Trinajstić information content (AvgIpc) is 3.20. The van der Waals surface area contributed by atoms with Crippen LogP contribution in [0.25, 0.3) is 22.8 Å². The van der Waals surface area contributed by atoms with E-state index in [0.29, 0.717) is 22.6 Å². The van der Waals surface area contributed by atoms with Gasteiger partial charge in [0.05, 0.1) is 5.57 Å². The van der Waals surface area contributed by atoms with Crippen LogP contribution in [-0.4, -0.2) is 5.91 Å². The number of hydrogen-bond acceptors (Lipinski definition) is 2. The van der Waals surface area contributed by atoms with E-state index in [0.717, 1.165) is 42.6 Å². The highest BCUT2D eigenvalue weighted by atomic mass is 19.1. The smallest absolute Gasteiger partial charge is 0.256 e. The SMILES string of the molecule is Cc1ccc(-c2c(C=C3C(=O)Nc4ccc(F)cc43)oc3c2CCCC3)cc1. The number of carbonyl (C=O) groups is 1. The van der Waals surface area contributed by atoms with Gasteiger partial charge in [0.1, 0.15) is 17.3 Å². The number of halogens is 1. The van der Waals surface area contributed by atoms with Gasteiger partial charge < -0.3 is 9.73 Å². The summed E-state index contributed by atoms with van der Waals surface area (Å²) in [5.74, 6) is 1.09. The van der Waals surface area contributed by atoms with Crippen LogP contribution >= 0.6 is 0 Å². The Kier molecular flexibility index (Phi) is 3.93. The molecule has 2 aromatic carbocycles. The van der Waals surface area contributed by atoms with Crippen molar-refractivity contribution in [3.05, 3.63) is 76.5 Å². The van der Waals surface area contributed by atoms with Crippen molar-refractivity contribution < 1.29 is 13.6 Å². The molecular formula is C24H20FNO2. The zero-order valence-electron chi connectivity index (χ0n) is 15.6. The molecule has 1 aliphatic carbocycles. The lowest BCUT2D eigenvalue weighted by atomic mass is 9.90. The molecule has 5 rings (SSSR count). The van der Waals surface area contributed by atoms with E-state index in [1.807, 2.05) is 0 Å². The second-order valence-electron chi connectivity index (χ2n) is 7.52. The molecule has 0 spiro atoms. The number of nitrogens with one attached hydrogen (secondary N) is 1. The molecule has 0 radical (unpaired) electrons. The van der Waals surface area contributed by atoms with Gasteiger partial charge in [-0.2, -0.15) is 0 Å². The van der Waals surface area contributed by atoms with E-state index >= 15 is 0 Å². The summed E-state index contributed by atoms with van der Waals surface area (Å²) in [6.07, 6.45) is 5.90. The Hall–Kier alpha value is -3.14. The van der Waals surface area contributed by atoms with Gasteiger partial charge in [-0.1, -0.05) is 29.8 Å². The van der Waals surface area contributed by atoms with Crippen LogP contribution in [0.2, 0.25) is 0 Å². The highest BCUT2D eigenvalue weighted by molar-refractivity contribution is 6.35. The van der Waals surface area contributed by atoms with Crippen molar-refractivity contribution in [2.45, 2.75) is 32.6 Å². The molecule has 1 N–H and O–H groups in total. The molecule has 1 aromatic heterocycles. The summed E-state index contributed by atoms with van der Waals surface area (Å²) in [4.78, 5) is 12.5. The summed E-state index contributed by atoms with van der Waals surface area (Å²) >= 11 is 0. The van der Waals surface area contributed by atoms with Gasteiger partial charge >= 0.3 is 0 Å². The van der Waals surface area contributed by atoms with E-state index in [1.165, 1.54) is 23.3 Å². The first-order chi connectivity index (χ1) is 13.6. The van der Waals surface area contributed by atoms with Crippen LogP contribution in [0.5, 0.6) is 0 Å². The van der Waals surface area contributed by atoms with Crippen LogP contribution in [0.15, 0.2) is 46.9 Å². The summed E-state index contributed by atoms with van der Waals surface area (Å²) in [7, 11) is 0. The molecule has 0 unspecified atom stereocenters. The summed E-state index contributed by atoms with van der Waals surface area (Å²) in [6.45, 7) is 2.06. The molecule has 3 nitrogen and oxygen atoms in total. The van der Waals surface area contributed by atoms with Gasteiger partial charge in [0.2, 0.25) is 0 Å². The zero-order chi connectivity index (χ0) is 19.3. The molecule has 0 atom stereocenters. The molecule has 2 aliphatic rings. The van der Waals surface area contributed by atoms with Crippen molar-refractivity contribution in [3.63, 3.8) is 0 Å². The lowest BCUT2D eigenvalue weighted by molar-refractivity contribution is -0.110. The van der Waals surface area contributed by atoms with Crippen molar-refractivity contribution in [3.8, 4) is 11.1 Å². The quantitative estimate of drug-likeness (QED) is 0.580. The van der Waals surface area contributed by atoms with E-state index in [2.05, 4.69) is 36.5 Å².